The predicted molar refractivity (Wildman–Crippen MR) is 69.7 cm³/mol. The fourth-order valence-electron chi connectivity index (χ4n) is 1.88. The Hall–Kier alpha value is -0.555. The molecule has 20 heavy (non-hydrogen) atoms. The maximum Gasteiger partial charge on any atom is 0.524 e. The van der Waals surface area contributed by atoms with E-state index in [1.165, 1.54) is 0 Å². The quantitative estimate of drug-likeness (QED) is 0.563. The van der Waals surface area contributed by atoms with Crippen molar-refractivity contribution in [2.24, 2.45) is 5.92 Å². The molecule has 0 bridgehead atoms. The van der Waals surface area contributed by atoms with Crippen LogP contribution < -0.4 is 0 Å². The van der Waals surface area contributed by atoms with Crippen LogP contribution in [0.5, 0.6) is 0 Å². The van der Waals surface area contributed by atoms with E-state index in [0.29, 0.717) is 0 Å². The Morgan fingerprint density at radius 1 is 1.15 bits per heavy atom. The summed E-state index contributed by atoms with van der Waals surface area (Å²) in [5, 5.41) is 0. The van der Waals surface area contributed by atoms with Gasteiger partial charge in [0.2, 0.25) is 0 Å². The van der Waals surface area contributed by atoms with Gasteiger partial charge in [-0.25, -0.2) is 4.39 Å². The lowest BCUT2D eigenvalue weighted by Gasteiger charge is -2.32. The van der Waals surface area contributed by atoms with Gasteiger partial charge in [0.25, 0.3) is 0 Å². The number of rotatable bonds is 4. The van der Waals surface area contributed by atoms with Crippen LogP contribution in [0.1, 0.15) is 47.5 Å². The second-order valence-electron chi connectivity index (χ2n) is 6.13. The monoisotopic (exact) mass is 296 g/mol. The highest BCUT2D eigenvalue weighted by Gasteiger charge is 2.53. The Bertz CT molecular complexity index is 361. The molecule has 1 aliphatic heterocycles. The van der Waals surface area contributed by atoms with Gasteiger partial charge in [0.15, 0.2) is 0 Å². The average molecular weight is 296 g/mol. The molecule has 0 aromatic heterocycles. The summed E-state index contributed by atoms with van der Waals surface area (Å²) in [5.74, 6) is -0.908. The Morgan fingerprint density at radius 3 is 1.95 bits per heavy atom. The van der Waals surface area contributed by atoms with Crippen LogP contribution >= 0.6 is 0 Å². The molecule has 1 atom stereocenters. The fraction of sp³-hybridized carbons (Fsp3) is 0.846. The molecule has 0 spiro atoms. The summed E-state index contributed by atoms with van der Waals surface area (Å²) in [5.41, 5.74) is -2.22. The summed E-state index contributed by atoms with van der Waals surface area (Å²) < 4.78 is 62.0. The van der Waals surface area contributed by atoms with Crippen LogP contribution in [0, 0.1) is 5.92 Å². The summed E-state index contributed by atoms with van der Waals surface area (Å²) >= 11 is 0. The molecule has 0 N–H and O–H groups in total. The minimum absolute atomic E-state index is 0.201. The van der Waals surface area contributed by atoms with Gasteiger partial charge in [0.1, 0.15) is 5.73 Å². The molecule has 1 aliphatic rings. The zero-order valence-corrected chi connectivity index (χ0v) is 12.5. The molecule has 1 saturated heterocycles. The maximum absolute atomic E-state index is 14.1. The summed E-state index contributed by atoms with van der Waals surface area (Å²) in [6.07, 6.45) is -4.19. The minimum atomic E-state index is -4.31. The van der Waals surface area contributed by atoms with Gasteiger partial charge >= 0.3 is 13.3 Å². The number of hydrogen-bond acceptors (Lipinski definition) is 2. The van der Waals surface area contributed by atoms with Crippen molar-refractivity contribution >= 4 is 7.12 Å². The molecule has 1 fully saturated rings. The maximum atomic E-state index is 14.1. The molecule has 2 nitrogen and oxygen atoms in total. The lowest BCUT2D eigenvalue weighted by molar-refractivity contribution is -0.141. The zero-order valence-electron chi connectivity index (χ0n) is 12.5. The van der Waals surface area contributed by atoms with E-state index in [1.54, 1.807) is 34.6 Å². The van der Waals surface area contributed by atoms with E-state index in [0.717, 1.165) is 6.08 Å². The molecule has 7 heteroatoms. The second kappa shape index (κ2) is 5.68. The van der Waals surface area contributed by atoms with Crippen molar-refractivity contribution < 1.29 is 26.9 Å². The molecule has 0 aromatic rings. The highest BCUT2D eigenvalue weighted by Crippen LogP contribution is 2.39. The van der Waals surface area contributed by atoms with Gasteiger partial charge in [0.05, 0.1) is 11.2 Å². The first-order valence-corrected chi connectivity index (χ1v) is 6.67. The topological polar surface area (TPSA) is 18.5 Å². The van der Waals surface area contributed by atoms with Crippen LogP contribution in [0.4, 0.5) is 17.6 Å². The summed E-state index contributed by atoms with van der Waals surface area (Å²) in [6.45, 7) is 8.62. The molecule has 116 valence electrons. The molecule has 0 aromatic carbocycles. The molecule has 0 aliphatic carbocycles. The Morgan fingerprint density at radius 2 is 1.60 bits per heavy atom. The zero-order chi connectivity index (χ0) is 15.8. The summed E-state index contributed by atoms with van der Waals surface area (Å²) in [6, 6.07) is 0. The van der Waals surface area contributed by atoms with E-state index < -0.39 is 42.6 Å². The lowest BCUT2D eigenvalue weighted by Crippen LogP contribution is -2.41. The Balaban J connectivity index is 2.79. The lowest BCUT2D eigenvalue weighted by atomic mass is 9.84. The molecular formula is C13H21BF4O2. The SMILES string of the molecule is CCC(C=C(F)B1OC(C)(C)C(C)(C)O1)CC(F)(F)F. The van der Waals surface area contributed by atoms with Crippen molar-refractivity contribution in [3.63, 3.8) is 0 Å². The molecule has 0 saturated carbocycles. The first-order valence-electron chi connectivity index (χ1n) is 6.67. The number of halogens is 4. The van der Waals surface area contributed by atoms with Crippen molar-refractivity contribution in [2.75, 3.05) is 0 Å². The van der Waals surface area contributed by atoms with Gasteiger partial charge in [0, 0.05) is 6.42 Å². The van der Waals surface area contributed by atoms with Crippen LogP contribution in [0.3, 0.4) is 0 Å². The normalized spacial score (nSPS) is 24.1. The molecule has 1 unspecified atom stereocenters. The second-order valence-corrected chi connectivity index (χ2v) is 6.13. The third-order valence-electron chi connectivity index (χ3n) is 3.89. The van der Waals surface area contributed by atoms with Gasteiger partial charge in [-0.3, -0.25) is 0 Å². The van der Waals surface area contributed by atoms with E-state index in [1.807, 2.05) is 0 Å². The van der Waals surface area contributed by atoms with E-state index in [9.17, 15) is 17.6 Å². The van der Waals surface area contributed by atoms with Crippen LogP contribution in [-0.4, -0.2) is 24.5 Å². The molecule has 0 amide bonds. The van der Waals surface area contributed by atoms with Crippen molar-refractivity contribution in [3.05, 3.63) is 11.8 Å². The fourth-order valence-corrected chi connectivity index (χ4v) is 1.88. The molecule has 0 radical (unpaired) electrons. The van der Waals surface area contributed by atoms with Crippen LogP contribution in [0.25, 0.3) is 0 Å². The smallest absolute Gasteiger partial charge is 0.398 e. The van der Waals surface area contributed by atoms with E-state index in [2.05, 4.69) is 0 Å². The number of alkyl halides is 3. The standard InChI is InChI=1S/C13H21BF4O2/c1-6-9(8-13(16,17)18)7-10(15)14-19-11(2,3)12(4,5)20-14/h7,9H,6,8H2,1-5H3. The van der Waals surface area contributed by atoms with Gasteiger partial charge in [-0.15, -0.1) is 0 Å². The molecule has 1 heterocycles. The van der Waals surface area contributed by atoms with Crippen LogP contribution in [-0.2, 0) is 9.31 Å². The van der Waals surface area contributed by atoms with Gasteiger partial charge in [-0.2, -0.15) is 13.2 Å². The third kappa shape index (κ3) is 4.22. The van der Waals surface area contributed by atoms with Gasteiger partial charge in [-0.05, 0) is 40.0 Å². The number of allylic oxidation sites excluding steroid dienone is 1. The largest absolute Gasteiger partial charge is 0.524 e. The van der Waals surface area contributed by atoms with Gasteiger partial charge in [-0.1, -0.05) is 13.0 Å². The molecule has 1 rings (SSSR count). The summed E-state index contributed by atoms with van der Waals surface area (Å²) in [7, 11) is -1.23. The van der Waals surface area contributed by atoms with Crippen molar-refractivity contribution in [3.8, 4) is 0 Å². The van der Waals surface area contributed by atoms with E-state index in [4.69, 9.17) is 9.31 Å². The molecular weight excluding hydrogens is 275 g/mol. The highest BCUT2D eigenvalue weighted by molar-refractivity contribution is 6.53. The predicted octanol–water partition coefficient (Wildman–Crippen LogP) is 4.45. The first-order chi connectivity index (χ1) is 8.88. The third-order valence-corrected chi connectivity index (χ3v) is 3.89. The van der Waals surface area contributed by atoms with Crippen molar-refractivity contribution in [1.82, 2.24) is 0 Å². The Kier molecular flexibility index (Phi) is 4.97. The first kappa shape index (κ1) is 17.5. The highest BCUT2D eigenvalue weighted by atomic mass is 19.4. The Labute approximate surface area is 117 Å². The average Bonchev–Trinajstić information content (AvgIpc) is 2.45. The van der Waals surface area contributed by atoms with E-state index in [-0.39, 0.29) is 6.42 Å². The van der Waals surface area contributed by atoms with Crippen LogP contribution in [0.2, 0.25) is 0 Å². The number of hydrogen-bond donors (Lipinski definition) is 0. The summed E-state index contributed by atoms with van der Waals surface area (Å²) in [4.78, 5) is 0. The van der Waals surface area contributed by atoms with Crippen molar-refractivity contribution in [2.45, 2.75) is 64.8 Å². The van der Waals surface area contributed by atoms with Crippen molar-refractivity contribution in [1.29, 1.82) is 0 Å². The van der Waals surface area contributed by atoms with Crippen LogP contribution in [0.15, 0.2) is 11.8 Å². The minimum Gasteiger partial charge on any atom is -0.398 e. The van der Waals surface area contributed by atoms with Gasteiger partial charge < -0.3 is 9.31 Å². The van der Waals surface area contributed by atoms with E-state index >= 15 is 0 Å².